The predicted molar refractivity (Wildman–Crippen MR) is 146 cm³/mol. The number of hydrogen-bond donors (Lipinski definition) is 2. The fraction of sp³-hybridized carbons (Fsp3) is 0.630. The maximum atomic E-state index is 6.58. The van der Waals surface area contributed by atoms with Gasteiger partial charge in [-0.25, -0.2) is 9.97 Å². The van der Waals surface area contributed by atoms with Crippen LogP contribution in [-0.4, -0.2) is 66.6 Å². The minimum atomic E-state index is 0.292. The van der Waals surface area contributed by atoms with Crippen molar-refractivity contribution in [1.82, 2.24) is 14.9 Å². The summed E-state index contributed by atoms with van der Waals surface area (Å²) in [5.41, 5.74) is 2.59. The van der Waals surface area contributed by atoms with Gasteiger partial charge >= 0.3 is 0 Å². The van der Waals surface area contributed by atoms with E-state index in [1.54, 1.807) is 12.4 Å². The molecule has 9 heteroatoms. The zero-order valence-electron chi connectivity index (χ0n) is 21.0. The molecule has 1 aliphatic carbocycles. The first-order chi connectivity index (χ1) is 17.6. The molecule has 0 aromatic carbocycles. The van der Waals surface area contributed by atoms with E-state index in [1.165, 1.54) is 6.42 Å². The molecular weight excluding hydrogens is 497 g/mol. The molecule has 0 bridgehead atoms. The summed E-state index contributed by atoms with van der Waals surface area (Å²) in [5, 5.41) is 8.16. The lowest BCUT2D eigenvalue weighted by atomic mass is 9.90. The highest BCUT2D eigenvalue weighted by Crippen LogP contribution is 2.36. The topological polar surface area (TPSA) is 71.5 Å². The van der Waals surface area contributed by atoms with E-state index in [0.29, 0.717) is 34.4 Å². The first kappa shape index (κ1) is 26.0. The van der Waals surface area contributed by atoms with Gasteiger partial charge in [-0.2, -0.15) is 0 Å². The lowest BCUT2D eigenvalue weighted by Gasteiger charge is -2.37. The van der Waals surface area contributed by atoms with E-state index in [0.717, 1.165) is 93.9 Å². The summed E-state index contributed by atoms with van der Waals surface area (Å²) in [5.74, 6) is 1.43. The van der Waals surface area contributed by atoms with Crippen LogP contribution in [-0.2, 0) is 9.47 Å². The molecule has 2 saturated heterocycles. The minimum Gasteiger partial charge on any atom is -0.384 e. The van der Waals surface area contributed by atoms with Crippen molar-refractivity contribution in [2.24, 2.45) is 5.92 Å². The third-order valence-corrected chi connectivity index (χ3v) is 8.51. The van der Waals surface area contributed by atoms with Crippen LogP contribution in [0.3, 0.4) is 0 Å². The Kier molecular flexibility index (Phi) is 8.86. The van der Waals surface area contributed by atoms with Gasteiger partial charge in [0.25, 0.3) is 0 Å². The summed E-state index contributed by atoms with van der Waals surface area (Å²) >= 11 is 13.1. The van der Waals surface area contributed by atoms with Crippen LogP contribution >= 0.6 is 23.2 Å². The molecule has 3 aliphatic rings. The molecule has 1 saturated carbocycles. The normalized spacial score (nSPS) is 25.3. The fourth-order valence-corrected chi connectivity index (χ4v) is 6.03. The third kappa shape index (κ3) is 6.43. The zero-order chi connectivity index (χ0) is 24.9. The first-order valence-corrected chi connectivity index (χ1v) is 14.1. The Hall–Kier alpha value is -1.64. The van der Waals surface area contributed by atoms with Gasteiger partial charge in [0.2, 0.25) is 0 Å². The van der Waals surface area contributed by atoms with Crippen LogP contribution in [0.2, 0.25) is 10.2 Å². The van der Waals surface area contributed by atoms with Crippen molar-refractivity contribution in [3.63, 3.8) is 0 Å². The molecular formula is C27H37Cl2N5O2. The number of rotatable bonds is 8. The Balaban J connectivity index is 1.22. The molecule has 2 aromatic rings. The summed E-state index contributed by atoms with van der Waals surface area (Å²) in [6, 6.07) is 5.01. The van der Waals surface area contributed by atoms with E-state index in [-0.39, 0.29) is 0 Å². The Morgan fingerprint density at radius 1 is 0.944 bits per heavy atom. The molecule has 0 spiro atoms. The molecule has 2 aromatic heterocycles. The van der Waals surface area contributed by atoms with Crippen molar-refractivity contribution in [2.45, 2.75) is 69.7 Å². The van der Waals surface area contributed by atoms with E-state index in [9.17, 15) is 0 Å². The van der Waals surface area contributed by atoms with Gasteiger partial charge in [-0.1, -0.05) is 23.2 Å². The number of ether oxygens (including phenoxy) is 2. The summed E-state index contributed by atoms with van der Waals surface area (Å²) < 4.78 is 11.4. The minimum absolute atomic E-state index is 0.292. The van der Waals surface area contributed by atoms with Gasteiger partial charge < -0.3 is 20.1 Å². The Bertz CT molecular complexity index is 1010. The largest absolute Gasteiger partial charge is 0.384 e. The van der Waals surface area contributed by atoms with E-state index < -0.39 is 0 Å². The van der Waals surface area contributed by atoms with E-state index in [2.05, 4.69) is 32.5 Å². The smallest absolute Gasteiger partial charge is 0.137 e. The van der Waals surface area contributed by atoms with Crippen LogP contribution in [0.1, 0.15) is 51.4 Å². The van der Waals surface area contributed by atoms with Gasteiger partial charge in [-0.3, -0.25) is 4.90 Å². The van der Waals surface area contributed by atoms with Gasteiger partial charge in [0.05, 0.1) is 16.9 Å². The second-order valence-electron chi connectivity index (χ2n) is 10.3. The molecule has 0 radical (unpaired) electrons. The highest BCUT2D eigenvalue weighted by Gasteiger charge is 2.30. The van der Waals surface area contributed by atoms with Crippen LogP contribution in [0.15, 0.2) is 24.5 Å². The standard InChI is InChI=1S/C27H37Cl2N5O2/c1-34(26-3-2-10-36-26)21-6-4-19(5-7-21)33-25-14-22(24(28)17-31-25)23-13-20(16-32-27(23)29)30-15-18-8-11-35-12-9-18/h13-14,16-19,21,26,30H,2-12,15H2,1H3,(H,31,33)/t19-,21-,26-/m1/s1. The lowest BCUT2D eigenvalue weighted by Crippen LogP contribution is -2.43. The molecule has 0 unspecified atom stereocenters. The van der Waals surface area contributed by atoms with Crippen molar-refractivity contribution in [3.05, 3.63) is 34.7 Å². The molecule has 0 amide bonds. The Morgan fingerprint density at radius 3 is 2.50 bits per heavy atom. The average molecular weight is 535 g/mol. The SMILES string of the molecule is CN([C@H]1CC[C@H](Nc2cc(-c3cc(NCC4CCOCC4)cnc3Cl)c(Cl)cn2)CC1)[C@H]1CCCO1. The Labute approximate surface area is 224 Å². The number of nitrogens with one attached hydrogen (secondary N) is 2. The van der Waals surface area contributed by atoms with Crippen molar-refractivity contribution in [2.75, 3.05) is 44.0 Å². The van der Waals surface area contributed by atoms with Gasteiger partial charge in [0.15, 0.2) is 0 Å². The Morgan fingerprint density at radius 2 is 1.75 bits per heavy atom. The van der Waals surface area contributed by atoms with Gasteiger partial charge in [0, 0.05) is 55.8 Å². The summed E-state index contributed by atoms with van der Waals surface area (Å²) in [6.07, 6.45) is 12.8. The monoisotopic (exact) mass is 533 g/mol. The summed E-state index contributed by atoms with van der Waals surface area (Å²) in [4.78, 5) is 11.4. The predicted octanol–water partition coefficient (Wildman–Crippen LogP) is 6.08. The van der Waals surface area contributed by atoms with Crippen molar-refractivity contribution in [3.8, 4) is 11.1 Å². The number of halogens is 2. The van der Waals surface area contributed by atoms with E-state index >= 15 is 0 Å². The van der Waals surface area contributed by atoms with Crippen molar-refractivity contribution >= 4 is 34.7 Å². The van der Waals surface area contributed by atoms with Crippen LogP contribution in [0.4, 0.5) is 11.5 Å². The molecule has 2 aliphatic heterocycles. The van der Waals surface area contributed by atoms with Crippen LogP contribution < -0.4 is 10.6 Å². The quantitative estimate of drug-likeness (QED) is 0.398. The zero-order valence-corrected chi connectivity index (χ0v) is 22.5. The number of nitrogens with zero attached hydrogens (tertiary/aromatic N) is 3. The number of anilines is 2. The molecule has 7 nitrogen and oxygen atoms in total. The fourth-order valence-electron chi connectivity index (χ4n) is 5.62. The molecule has 2 N–H and O–H groups in total. The lowest BCUT2D eigenvalue weighted by molar-refractivity contribution is -0.0355. The van der Waals surface area contributed by atoms with Crippen LogP contribution in [0.5, 0.6) is 0 Å². The number of hydrogen-bond acceptors (Lipinski definition) is 7. The highest BCUT2D eigenvalue weighted by atomic mass is 35.5. The second-order valence-corrected chi connectivity index (χ2v) is 11.1. The second kappa shape index (κ2) is 12.3. The highest BCUT2D eigenvalue weighted by molar-refractivity contribution is 6.36. The van der Waals surface area contributed by atoms with Gasteiger partial charge in [-0.15, -0.1) is 0 Å². The van der Waals surface area contributed by atoms with E-state index in [4.69, 9.17) is 32.7 Å². The molecule has 4 heterocycles. The molecule has 1 atom stereocenters. The van der Waals surface area contributed by atoms with Crippen molar-refractivity contribution in [1.29, 1.82) is 0 Å². The van der Waals surface area contributed by atoms with E-state index in [1.807, 2.05) is 12.1 Å². The van der Waals surface area contributed by atoms with Gasteiger partial charge in [0.1, 0.15) is 17.2 Å². The van der Waals surface area contributed by atoms with Gasteiger partial charge in [-0.05, 0) is 76.5 Å². The van der Waals surface area contributed by atoms with Crippen molar-refractivity contribution < 1.29 is 9.47 Å². The summed E-state index contributed by atoms with van der Waals surface area (Å²) in [6.45, 7) is 3.47. The third-order valence-electron chi connectivity index (χ3n) is 7.90. The molecule has 3 fully saturated rings. The maximum absolute atomic E-state index is 6.58. The van der Waals surface area contributed by atoms with Crippen LogP contribution in [0.25, 0.3) is 11.1 Å². The van der Waals surface area contributed by atoms with Crippen LogP contribution in [0, 0.1) is 5.92 Å². The maximum Gasteiger partial charge on any atom is 0.137 e. The first-order valence-electron chi connectivity index (χ1n) is 13.3. The molecule has 36 heavy (non-hydrogen) atoms. The number of aromatic nitrogens is 2. The number of pyridine rings is 2. The summed E-state index contributed by atoms with van der Waals surface area (Å²) in [7, 11) is 2.21. The average Bonchev–Trinajstić information content (AvgIpc) is 3.45. The molecule has 5 rings (SSSR count). The molecule has 196 valence electrons.